The van der Waals surface area contributed by atoms with Crippen molar-refractivity contribution in [3.05, 3.63) is 47.9 Å². The zero-order valence-corrected chi connectivity index (χ0v) is 18.4. The minimum atomic E-state index is -3.62. The summed E-state index contributed by atoms with van der Waals surface area (Å²) in [5.41, 5.74) is 1.04. The molecule has 0 spiro atoms. The van der Waals surface area contributed by atoms with Gasteiger partial charge in [-0.25, -0.2) is 8.42 Å². The largest absolute Gasteiger partial charge is 0.459 e. The van der Waals surface area contributed by atoms with Crippen molar-refractivity contribution in [3.63, 3.8) is 0 Å². The lowest BCUT2D eigenvalue weighted by Crippen LogP contribution is -2.43. The number of piperidine rings is 1. The summed E-state index contributed by atoms with van der Waals surface area (Å²) in [6.07, 6.45) is 5.44. The molecule has 2 aliphatic heterocycles. The minimum Gasteiger partial charge on any atom is -0.459 e. The molecule has 31 heavy (non-hydrogen) atoms. The molecule has 1 N–H and O–H groups in total. The number of hydrogen-bond donors (Lipinski definition) is 1. The molecule has 2 amide bonds. The third-order valence-electron chi connectivity index (χ3n) is 5.94. The molecule has 4 rings (SSSR count). The first-order valence-electron chi connectivity index (χ1n) is 10.6. The van der Waals surface area contributed by atoms with Crippen LogP contribution in [0.5, 0.6) is 0 Å². The molecule has 0 radical (unpaired) electrons. The zero-order chi connectivity index (χ0) is 22.0. The standard InChI is InChI=1S/C22H27N3O5S/c1-16-9-10-17(15-20(16)31(28,29)24-11-3-2-4-12-24)23-21(26)18-7-5-13-25(18)22(27)19-8-6-14-30-19/h6,8-10,14-15,18H,2-5,7,11-13H2,1H3,(H,23,26)/t18-/m0/s1. The van der Waals surface area contributed by atoms with E-state index in [1.165, 1.54) is 21.5 Å². The molecule has 0 saturated carbocycles. The van der Waals surface area contributed by atoms with Crippen molar-refractivity contribution in [3.8, 4) is 0 Å². The Morgan fingerprint density at radius 3 is 2.55 bits per heavy atom. The molecule has 1 atom stereocenters. The van der Waals surface area contributed by atoms with Crippen molar-refractivity contribution >= 4 is 27.5 Å². The molecule has 8 nitrogen and oxygen atoms in total. The number of nitrogens with zero attached hydrogens (tertiary/aromatic N) is 2. The first kappa shape index (κ1) is 21.6. The van der Waals surface area contributed by atoms with Gasteiger partial charge in [-0.1, -0.05) is 12.5 Å². The summed E-state index contributed by atoms with van der Waals surface area (Å²) in [6.45, 7) is 3.26. The molecule has 9 heteroatoms. The first-order valence-corrected chi connectivity index (χ1v) is 12.1. The Kier molecular flexibility index (Phi) is 6.15. The van der Waals surface area contributed by atoms with Crippen LogP contribution in [0, 0.1) is 6.92 Å². The number of likely N-dealkylation sites (tertiary alicyclic amines) is 1. The van der Waals surface area contributed by atoms with Gasteiger partial charge in [0.15, 0.2) is 5.76 Å². The van der Waals surface area contributed by atoms with Gasteiger partial charge in [0.2, 0.25) is 15.9 Å². The number of aryl methyl sites for hydroxylation is 1. The number of amides is 2. The topological polar surface area (TPSA) is 99.9 Å². The predicted molar refractivity (Wildman–Crippen MR) is 115 cm³/mol. The normalized spacial score (nSPS) is 20.0. The van der Waals surface area contributed by atoms with E-state index in [1.54, 1.807) is 31.2 Å². The smallest absolute Gasteiger partial charge is 0.290 e. The van der Waals surface area contributed by atoms with Crippen molar-refractivity contribution < 1.29 is 22.4 Å². The molecule has 0 unspecified atom stereocenters. The highest BCUT2D eigenvalue weighted by Gasteiger charge is 2.36. The average Bonchev–Trinajstić information content (AvgIpc) is 3.47. The van der Waals surface area contributed by atoms with Gasteiger partial charge in [0.1, 0.15) is 6.04 Å². The van der Waals surface area contributed by atoms with Crippen LogP contribution in [0.25, 0.3) is 0 Å². The Balaban J connectivity index is 1.52. The highest BCUT2D eigenvalue weighted by Crippen LogP contribution is 2.27. The molecule has 1 aromatic heterocycles. The van der Waals surface area contributed by atoms with E-state index < -0.39 is 16.1 Å². The highest BCUT2D eigenvalue weighted by atomic mass is 32.2. The number of carbonyl (C=O) groups is 2. The van der Waals surface area contributed by atoms with Gasteiger partial charge in [-0.15, -0.1) is 0 Å². The maximum absolute atomic E-state index is 13.1. The van der Waals surface area contributed by atoms with E-state index in [9.17, 15) is 18.0 Å². The molecule has 166 valence electrons. The van der Waals surface area contributed by atoms with Gasteiger partial charge in [0, 0.05) is 25.3 Å². The molecule has 2 saturated heterocycles. The number of carbonyl (C=O) groups excluding carboxylic acids is 2. The number of furan rings is 1. The quantitative estimate of drug-likeness (QED) is 0.763. The Bertz CT molecular complexity index is 1060. The van der Waals surface area contributed by atoms with Crippen molar-refractivity contribution in [1.29, 1.82) is 0 Å². The van der Waals surface area contributed by atoms with Crippen LogP contribution in [0.3, 0.4) is 0 Å². The number of rotatable bonds is 5. The van der Waals surface area contributed by atoms with Gasteiger partial charge < -0.3 is 14.6 Å². The molecule has 2 fully saturated rings. The number of sulfonamides is 1. The summed E-state index contributed by atoms with van der Waals surface area (Å²) in [6, 6.07) is 7.50. The lowest BCUT2D eigenvalue weighted by atomic mass is 10.1. The van der Waals surface area contributed by atoms with Crippen molar-refractivity contribution in [1.82, 2.24) is 9.21 Å². The van der Waals surface area contributed by atoms with Crippen LogP contribution in [0.15, 0.2) is 45.9 Å². The second-order valence-electron chi connectivity index (χ2n) is 8.07. The Labute approximate surface area is 182 Å². The summed E-state index contributed by atoms with van der Waals surface area (Å²) in [5, 5.41) is 2.81. The molecule has 2 aliphatic rings. The predicted octanol–water partition coefficient (Wildman–Crippen LogP) is 3.01. The van der Waals surface area contributed by atoms with Crippen LogP contribution in [0.2, 0.25) is 0 Å². The summed E-state index contributed by atoms with van der Waals surface area (Å²) >= 11 is 0. The van der Waals surface area contributed by atoms with E-state index in [4.69, 9.17) is 4.42 Å². The second kappa shape index (κ2) is 8.84. The van der Waals surface area contributed by atoms with Crippen LogP contribution in [0.4, 0.5) is 5.69 Å². The Morgan fingerprint density at radius 1 is 1.06 bits per heavy atom. The SMILES string of the molecule is Cc1ccc(NC(=O)[C@@H]2CCCN2C(=O)c2ccco2)cc1S(=O)(=O)N1CCCCC1. The van der Waals surface area contributed by atoms with Gasteiger partial charge in [0.25, 0.3) is 5.91 Å². The van der Waals surface area contributed by atoms with E-state index >= 15 is 0 Å². The second-order valence-corrected chi connectivity index (χ2v) is 9.97. The zero-order valence-electron chi connectivity index (χ0n) is 17.5. The van der Waals surface area contributed by atoms with E-state index in [1.807, 2.05) is 0 Å². The maximum Gasteiger partial charge on any atom is 0.290 e. The van der Waals surface area contributed by atoms with E-state index in [2.05, 4.69) is 5.32 Å². The molecule has 3 heterocycles. The van der Waals surface area contributed by atoms with E-state index in [0.29, 0.717) is 43.7 Å². The summed E-state index contributed by atoms with van der Waals surface area (Å²) in [7, 11) is -3.62. The fraction of sp³-hybridized carbons (Fsp3) is 0.455. The van der Waals surface area contributed by atoms with Crippen LogP contribution < -0.4 is 5.32 Å². The first-order chi connectivity index (χ1) is 14.9. The number of hydrogen-bond acceptors (Lipinski definition) is 5. The van der Waals surface area contributed by atoms with Crippen molar-refractivity contribution in [2.45, 2.75) is 50.0 Å². The third kappa shape index (κ3) is 4.38. The molecule has 1 aromatic carbocycles. The van der Waals surface area contributed by atoms with E-state index in [0.717, 1.165) is 19.3 Å². The van der Waals surface area contributed by atoms with Crippen LogP contribution in [-0.4, -0.2) is 55.1 Å². The molecular weight excluding hydrogens is 418 g/mol. The lowest BCUT2D eigenvalue weighted by Gasteiger charge is -2.27. The number of nitrogens with one attached hydrogen (secondary N) is 1. The fourth-order valence-corrected chi connectivity index (χ4v) is 6.02. The average molecular weight is 446 g/mol. The molecule has 0 aliphatic carbocycles. The fourth-order valence-electron chi connectivity index (χ4n) is 4.25. The molecule has 0 bridgehead atoms. The molecular formula is C22H27N3O5S. The Hall–Kier alpha value is -2.65. The van der Waals surface area contributed by atoms with Gasteiger partial charge >= 0.3 is 0 Å². The van der Waals surface area contributed by atoms with Crippen molar-refractivity contribution in [2.24, 2.45) is 0 Å². The van der Waals surface area contributed by atoms with Gasteiger partial charge in [-0.2, -0.15) is 4.31 Å². The number of anilines is 1. The number of benzene rings is 1. The van der Waals surface area contributed by atoms with Crippen LogP contribution >= 0.6 is 0 Å². The summed E-state index contributed by atoms with van der Waals surface area (Å²) in [5.74, 6) is -0.451. The van der Waals surface area contributed by atoms with Crippen LogP contribution in [-0.2, 0) is 14.8 Å². The lowest BCUT2D eigenvalue weighted by molar-refractivity contribution is -0.119. The van der Waals surface area contributed by atoms with Gasteiger partial charge in [-0.05, 0) is 62.4 Å². The third-order valence-corrected chi connectivity index (χ3v) is 7.98. The van der Waals surface area contributed by atoms with Gasteiger partial charge in [0.05, 0.1) is 11.2 Å². The van der Waals surface area contributed by atoms with E-state index in [-0.39, 0.29) is 22.5 Å². The Morgan fingerprint density at radius 2 is 1.84 bits per heavy atom. The monoisotopic (exact) mass is 445 g/mol. The summed E-state index contributed by atoms with van der Waals surface area (Å²) < 4.78 is 33.0. The summed E-state index contributed by atoms with van der Waals surface area (Å²) in [4.78, 5) is 27.3. The highest BCUT2D eigenvalue weighted by molar-refractivity contribution is 7.89. The maximum atomic E-state index is 13.1. The van der Waals surface area contributed by atoms with Gasteiger partial charge in [-0.3, -0.25) is 9.59 Å². The van der Waals surface area contributed by atoms with Crippen LogP contribution in [0.1, 0.15) is 48.2 Å². The minimum absolute atomic E-state index is 0.199. The molecule has 2 aromatic rings. The van der Waals surface area contributed by atoms with Crippen molar-refractivity contribution in [2.75, 3.05) is 25.0 Å².